The van der Waals surface area contributed by atoms with E-state index in [1.54, 1.807) is 48.0 Å². The standard InChI is InChI=1S/C17H14ClN3O2/c1-11-3-9-15(10-4-11)23-17(22)16-12(2)21(20-19-16)14-7-5-13(18)6-8-14/h3-10H,1-2H3. The molecule has 3 rings (SSSR count). The normalized spacial score (nSPS) is 10.6. The molecule has 0 aliphatic rings. The third kappa shape index (κ3) is 3.24. The molecule has 23 heavy (non-hydrogen) atoms. The summed E-state index contributed by atoms with van der Waals surface area (Å²) in [5.41, 5.74) is 2.65. The highest BCUT2D eigenvalue weighted by molar-refractivity contribution is 6.30. The van der Waals surface area contributed by atoms with Crippen LogP contribution in [0.25, 0.3) is 5.69 Å². The van der Waals surface area contributed by atoms with Crippen molar-refractivity contribution >= 4 is 17.6 Å². The lowest BCUT2D eigenvalue weighted by molar-refractivity contribution is 0.0727. The van der Waals surface area contributed by atoms with Crippen molar-refractivity contribution in [3.63, 3.8) is 0 Å². The Bertz CT molecular complexity index is 839. The molecular weight excluding hydrogens is 314 g/mol. The van der Waals surface area contributed by atoms with Gasteiger partial charge in [0.15, 0.2) is 5.69 Å². The number of aromatic nitrogens is 3. The van der Waals surface area contributed by atoms with E-state index in [-0.39, 0.29) is 5.69 Å². The van der Waals surface area contributed by atoms with Gasteiger partial charge in [0.1, 0.15) is 5.75 Å². The van der Waals surface area contributed by atoms with Crippen LogP contribution >= 0.6 is 11.6 Å². The topological polar surface area (TPSA) is 57.0 Å². The maximum atomic E-state index is 12.3. The Morgan fingerprint density at radius 1 is 1.04 bits per heavy atom. The molecule has 3 aromatic rings. The van der Waals surface area contributed by atoms with Gasteiger partial charge in [0.2, 0.25) is 0 Å². The highest BCUT2D eigenvalue weighted by atomic mass is 35.5. The number of nitrogens with zero attached hydrogens (tertiary/aromatic N) is 3. The lowest BCUT2D eigenvalue weighted by atomic mass is 10.2. The van der Waals surface area contributed by atoms with Crippen LogP contribution in [0.3, 0.4) is 0 Å². The first-order chi connectivity index (χ1) is 11.0. The van der Waals surface area contributed by atoms with E-state index in [1.165, 1.54) is 0 Å². The molecule has 0 atom stereocenters. The molecule has 116 valence electrons. The van der Waals surface area contributed by atoms with E-state index < -0.39 is 5.97 Å². The van der Waals surface area contributed by atoms with Crippen LogP contribution in [0.4, 0.5) is 0 Å². The molecule has 5 nitrogen and oxygen atoms in total. The van der Waals surface area contributed by atoms with Gasteiger partial charge in [-0.2, -0.15) is 0 Å². The number of esters is 1. The van der Waals surface area contributed by atoms with Crippen molar-refractivity contribution in [3.05, 3.63) is 70.5 Å². The average molecular weight is 328 g/mol. The average Bonchev–Trinajstić information content (AvgIpc) is 2.92. The fourth-order valence-corrected chi connectivity index (χ4v) is 2.23. The van der Waals surface area contributed by atoms with E-state index in [4.69, 9.17) is 16.3 Å². The van der Waals surface area contributed by atoms with Gasteiger partial charge >= 0.3 is 5.97 Å². The van der Waals surface area contributed by atoms with Gasteiger partial charge in [-0.15, -0.1) is 5.10 Å². The number of carbonyl (C=O) groups is 1. The van der Waals surface area contributed by atoms with Crippen LogP contribution in [0.2, 0.25) is 5.02 Å². The first-order valence-electron chi connectivity index (χ1n) is 7.01. The molecule has 0 spiro atoms. The molecule has 0 amide bonds. The maximum absolute atomic E-state index is 12.3. The summed E-state index contributed by atoms with van der Waals surface area (Å²) in [7, 11) is 0. The van der Waals surface area contributed by atoms with E-state index in [2.05, 4.69) is 10.3 Å². The quantitative estimate of drug-likeness (QED) is 0.543. The molecular formula is C17H14ClN3O2. The molecule has 0 bridgehead atoms. The van der Waals surface area contributed by atoms with Crippen LogP contribution in [0, 0.1) is 13.8 Å². The highest BCUT2D eigenvalue weighted by Crippen LogP contribution is 2.18. The van der Waals surface area contributed by atoms with Gasteiger partial charge in [-0.3, -0.25) is 0 Å². The highest BCUT2D eigenvalue weighted by Gasteiger charge is 2.19. The molecule has 0 unspecified atom stereocenters. The van der Waals surface area contributed by atoms with Crippen molar-refractivity contribution in [2.24, 2.45) is 0 Å². The van der Waals surface area contributed by atoms with Gasteiger partial charge < -0.3 is 4.74 Å². The number of rotatable bonds is 3. The molecule has 0 saturated carbocycles. The molecule has 2 aromatic carbocycles. The number of halogens is 1. The second-order valence-electron chi connectivity index (χ2n) is 5.11. The van der Waals surface area contributed by atoms with Gasteiger partial charge in [-0.05, 0) is 50.2 Å². The van der Waals surface area contributed by atoms with Crippen LogP contribution < -0.4 is 4.74 Å². The van der Waals surface area contributed by atoms with E-state index in [0.29, 0.717) is 16.5 Å². The molecule has 6 heteroatoms. The van der Waals surface area contributed by atoms with Crippen LogP contribution in [-0.4, -0.2) is 21.0 Å². The molecule has 0 aliphatic carbocycles. The summed E-state index contributed by atoms with van der Waals surface area (Å²) < 4.78 is 6.90. The molecule has 0 radical (unpaired) electrons. The predicted octanol–water partition coefficient (Wildman–Crippen LogP) is 3.76. The lowest BCUT2D eigenvalue weighted by Gasteiger charge is -2.05. The van der Waals surface area contributed by atoms with Crippen molar-refractivity contribution in [2.45, 2.75) is 13.8 Å². The fourth-order valence-electron chi connectivity index (χ4n) is 2.11. The number of hydrogen-bond acceptors (Lipinski definition) is 4. The van der Waals surface area contributed by atoms with Crippen molar-refractivity contribution in [2.75, 3.05) is 0 Å². The minimum atomic E-state index is -0.536. The fraction of sp³-hybridized carbons (Fsp3) is 0.118. The van der Waals surface area contributed by atoms with E-state index in [9.17, 15) is 4.79 Å². The van der Waals surface area contributed by atoms with Crippen molar-refractivity contribution in [1.82, 2.24) is 15.0 Å². The van der Waals surface area contributed by atoms with Gasteiger partial charge in [-0.1, -0.05) is 34.5 Å². The van der Waals surface area contributed by atoms with E-state index >= 15 is 0 Å². The summed E-state index contributed by atoms with van der Waals surface area (Å²) in [6, 6.07) is 14.3. The Morgan fingerprint density at radius 3 is 2.35 bits per heavy atom. The summed E-state index contributed by atoms with van der Waals surface area (Å²) in [6.07, 6.45) is 0. The minimum absolute atomic E-state index is 0.181. The molecule has 0 fully saturated rings. The molecule has 0 aliphatic heterocycles. The number of hydrogen-bond donors (Lipinski definition) is 0. The van der Waals surface area contributed by atoms with Crippen LogP contribution in [0.1, 0.15) is 21.7 Å². The van der Waals surface area contributed by atoms with Gasteiger partial charge in [0.05, 0.1) is 11.4 Å². The number of carbonyl (C=O) groups excluding carboxylic acids is 1. The van der Waals surface area contributed by atoms with Crippen LogP contribution in [-0.2, 0) is 0 Å². The van der Waals surface area contributed by atoms with Crippen molar-refractivity contribution in [3.8, 4) is 11.4 Å². The van der Waals surface area contributed by atoms with Crippen LogP contribution in [0.5, 0.6) is 5.75 Å². The Kier molecular flexibility index (Phi) is 4.12. The number of aryl methyl sites for hydroxylation is 1. The molecule has 1 heterocycles. The summed E-state index contributed by atoms with van der Waals surface area (Å²) in [6.45, 7) is 3.73. The summed E-state index contributed by atoms with van der Waals surface area (Å²) in [4.78, 5) is 12.3. The monoisotopic (exact) mass is 327 g/mol. The third-order valence-electron chi connectivity index (χ3n) is 3.39. The summed E-state index contributed by atoms with van der Waals surface area (Å²) >= 11 is 5.88. The maximum Gasteiger partial charge on any atom is 0.366 e. The Hall–Kier alpha value is -2.66. The Morgan fingerprint density at radius 2 is 1.70 bits per heavy atom. The number of ether oxygens (including phenoxy) is 1. The van der Waals surface area contributed by atoms with Gasteiger partial charge in [0, 0.05) is 5.02 Å². The zero-order chi connectivity index (χ0) is 16.4. The first-order valence-corrected chi connectivity index (χ1v) is 7.39. The van der Waals surface area contributed by atoms with E-state index in [1.807, 2.05) is 19.1 Å². The van der Waals surface area contributed by atoms with Gasteiger partial charge in [0.25, 0.3) is 0 Å². The zero-order valence-electron chi connectivity index (χ0n) is 12.7. The zero-order valence-corrected chi connectivity index (χ0v) is 13.4. The van der Waals surface area contributed by atoms with Crippen molar-refractivity contribution in [1.29, 1.82) is 0 Å². The number of benzene rings is 2. The van der Waals surface area contributed by atoms with Gasteiger partial charge in [-0.25, -0.2) is 9.48 Å². The SMILES string of the molecule is Cc1ccc(OC(=O)c2nnn(-c3ccc(Cl)cc3)c2C)cc1. The molecule has 1 aromatic heterocycles. The van der Waals surface area contributed by atoms with Crippen LogP contribution in [0.15, 0.2) is 48.5 Å². The van der Waals surface area contributed by atoms with Crippen molar-refractivity contribution < 1.29 is 9.53 Å². The Labute approximate surface area is 138 Å². The predicted molar refractivity (Wildman–Crippen MR) is 87.2 cm³/mol. The van der Waals surface area contributed by atoms with E-state index in [0.717, 1.165) is 11.3 Å². The smallest absolute Gasteiger partial charge is 0.366 e. The summed E-state index contributed by atoms with van der Waals surface area (Å²) in [5.74, 6) is -0.0624. The second kappa shape index (κ2) is 6.22. The lowest BCUT2D eigenvalue weighted by Crippen LogP contribution is -2.11. The summed E-state index contributed by atoms with van der Waals surface area (Å²) in [5, 5.41) is 8.58. The molecule has 0 saturated heterocycles. The third-order valence-corrected chi connectivity index (χ3v) is 3.64. The Balaban J connectivity index is 1.85. The largest absolute Gasteiger partial charge is 0.422 e. The minimum Gasteiger partial charge on any atom is -0.422 e. The first kappa shape index (κ1) is 15.2. The molecule has 0 N–H and O–H groups in total. The second-order valence-corrected chi connectivity index (χ2v) is 5.55.